The molecule has 1 aromatic carbocycles. The van der Waals surface area contributed by atoms with Crippen molar-refractivity contribution in [3.63, 3.8) is 0 Å². The molecule has 2 atom stereocenters. The molecule has 1 fully saturated rings. The molecule has 2 nitrogen and oxygen atoms in total. The van der Waals surface area contributed by atoms with Gasteiger partial charge in [-0.1, -0.05) is 24.6 Å². The summed E-state index contributed by atoms with van der Waals surface area (Å²) >= 11 is 0. The Labute approximate surface area is 130 Å². The van der Waals surface area contributed by atoms with E-state index in [0.29, 0.717) is 19.0 Å². The van der Waals surface area contributed by atoms with Crippen molar-refractivity contribution in [2.75, 3.05) is 13.1 Å². The lowest BCUT2D eigenvalue weighted by atomic mass is 9.95. The zero-order valence-corrected chi connectivity index (χ0v) is 13.1. The summed E-state index contributed by atoms with van der Waals surface area (Å²) in [6, 6.07) is 6.40. The van der Waals surface area contributed by atoms with E-state index in [2.05, 4.69) is 11.8 Å². The van der Waals surface area contributed by atoms with Gasteiger partial charge in [0.1, 0.15) is 0 Å². The molecule has 1 saturated heterocycles. The third-order valence-electron chi connectivity index (χ3n) is 4.52. The molecule has 0 aliphatic carbocycles. The Morgan fingerprint density at radius 1 is 1.32 bits per heavy atom. The molecule has 1 heterocycles. The predicted molar refractivity (Wildman–Crippen MR) is 82.6 cm³/mol. The van der Waals surface area contributed by atoms with Gasteiger partial charge in [-0.05, 0) is 57.3 Å². The van der Waals surface area contributed by atoms with Crippen molar-refractivity contribution in [2.24, 2.45) is 5.73 Å². The van der Waals surface area contributed by atoms with E-state index >= 15 is 0 Å². The maximum Gasteiger partial charge on any atom is 0.416 e. The van der Waals surface area contributed by atoms with Crippen LogP contribution in [0, 0.1) is 0 Å². The predicted octanol–water partition coefficient (Wildman–Crippen LogP) is 3.84. The Hall–Kier alpha value is -1.07. The summed E-state index contributed by atoms with van der Waals surface area (Å²) in [6.45, 7) is 3.79. The first-order valence-corrected chi connectivity index (χ1v) is 8.03. The van der Waals surface area contributed by atoms with Gasteiger partial charge in [-0.2, -0.15) is 13.2 Å². The first-order chi connectivity index (χ1) is 10.4. The van der Waals surface area contributed by atoms with Crippen molar-refractivity contribution in [3.8, 4) is 0 Å². The fourth-order valence-corrected chi connectivity index (χ4v) is 3.44. The van der Waals surface area contributed by atoms with Gasteiger partial charge >= 0.3 is 6.18 Å². The number of nitrogens with two attached hydrogens (primary N) is 1. The molecular formula is C17H25F3N2. The number of hydrogen-bond acceptors (Lipinski definition) is 2. The fraction of sp³-hybridized carbons (Fsp3) is 0.647. The Bertz CT molecular complexity index is 471. The Balaban J connectivity index is 2.05. The lowest BCUT2D eigenvalue weighted by Crippen LogP contribution is -2.46. The van der Waals surface area contributed by atoms with Crippen LogP contribution in [0.5, 0.6) is 0 Å². The molecule has 0 saturated carbocycles. The molecule has 0 bridgehead atoms. The summed E-state index contributed by atoms with van der Waals surface area (Å²) in [6.07, 6.45) is 0.861. The minimum Gasteiger partial charge on any atom is -0.330 e. The highest BCUT2D eigenvalue weighted by Crippen LogP contribution is 2.30. The molecule has 2 N–H and O–H groups in total. The zero-order valence-electron chi connectivity index (χ0n) is 13.1. The first kappa shape index (κ1) is 17.3. The molecule has 5 heteroatoms. The molecule has 124 valence electrons. The molecule has 22 heavy (non-hydrogen) atoms. The standard InChI is InChI=1S/C17H25F3N2/c1-13(22-10-3-2-7-16(22)8-9-21)11-14-5-4-6-15(12-14)17(18,19)20/h4-6,12-13,16H,2-3,7-11,21H2,1H3. The molecule has 1 aromatic rings. The minimum absolute atomic E-state index is 0.236. The van der Waals surface area contributed by atoms with Crippen LogP contribution in [0.25, 0.3) is 0 Å². The van der Waals surface area contributed by atoms with E-state index in [4.69, 9.17) is 5.73 Å². The van der Waals surface area contributed by atoms with Gasteiger partial charge in [-0.25, -0.2) is 0 Å². The molecule has 0 amide bonds. The number of alkyl halides is 3. The fourth-order valence-electron chi connectivity index (χ4n) is 3.44. The van der Waals surface area contributed by atoms with Gasteiger partial charge in [0, 0.05) is 12.1 Å². The molecule has 0 spiro atoms. The van der Waals surface area contributed by atoms with Gasteiger partial charge < -0.3 is 5.73 Å². The topological polar surface area (TPSA) is 29.3 Å². The molecule has 0 aromatic heterocycles. The number of piperidine rings is 1. The lowest BCUT2D eigenvalue weighted by Gasteiger charge is -2.40. The second-order valence-electron chi connectivity index (χ2n) is 6.22. The Morgan fingerprint density at radius 3 is 2.77 bits per heavy atom. The highest BCUT2D eigenvalue weighted by atomic mass is 19.4. The van der Waals surface area contributed by atoms with E-state index in [1.54, 1.807) is 6.07 Å². The van der Waals surface area contributed by atoms with E-state index in [9.17, 15) is 13.2 Å². The molecule has 2 unspecified atom stereocenters. The van der Waals surface area contributed by atoms with Crippen molar-refractivity contribution in [2.45, 2.75) is 57.3 Å². The van der Waals surface area contributed by atoms with Crippen molar-refractivity contribution in [1.29, 1.82) is 0 Å². The maximum absolute atomic E-state index is 12.8. The van der Waals surface area contributed by atoms with Crippen molar-refractivity contribution in [3.05, 3.63) is 35.4 Å². The summed E-state index contributed by atoms with van der Waals surface area (Å²) in [4.78, 5) is 2.43. The van der Waals surface area contributed by atoms with Gasteiger partial charge in [-0.3, -0.25) is 4.90 Å². The largest absolute Gasteiger partial charge is 0.416 e. The van der Waals surface area contributed by atoms with Crippen LogP contribution >= 0.6 is 0 Å². The molecule has 2 rings (SSSR count). The second-order valence-corrected chi connectivity index (χ2v) is 6.22. The van der Waals surface area contributed by atoms with Crippen LogP contribution in [-0.2, 0) is 12.6 Å². The van der Waals surface area contributed by atoms with E-state index in [0.717, 1.165) is 37.4 Å². The average molecular weight is 314 g/mol. The van der Waals surface area contributed by atoms with E-state index < -0.39 is 11.7 Å². The second kappa shape index (κ2) is 7.47. The van der Waals surface area contributed by atoms with Crippen LogP contribution < -0.4 is 5.73 Å². The number of rotatable bonds is 5. The third kappa shape index (κ3) is 4.46. The van der Waals surface area contributed by atoms with E-state index in [1.807, 2.05) is 0 Å². The van der Waals surface area contributed by atoms with E-state index in [1.165, 1.54) is 18.6 Å². The normalized spacial score (nSPS) is 21.8. The summed E-state index contributed by atoms with van der Waals surface area (Å²) < 4.78 is 38.4. The monoisotopic (exact) mass is 314 g/mol. The Kier molecular flexibility index (Phi) is 5.87. The van der Waals surface area contributed by atoms with E-state index in [-0.39, 0.29) is 6.04 Å². The summed E-state index contributed by atoms with van der Waals surface area (Å²) in [7, 11) is 0. The molecule has 0 radical (unpaired) electrons. The highest BCUT2D eigenvalue weighted by Gasteiger charge is 2.31. The van der Waals surface area contributed by atoms with Gasteiger partial charge in [0.15, 0.2) is 0 Å². The smallest absolute Gasteiger partial charge is 0.330 e. The van der Waals surface area contributed by atoms with Gasteiger partial charge in [-0.15, -0.1) is 0 Å². The van der Waals surface area contributed by atoms with Crippen LogP contribution in [-0.4, -0.2) is 30.1 Å². The van der Waals surface area contributed by atoms with Gasteiger partial charge in [0.25, 0.3) is 0 Å². The summed E-state index contributed by atoms with van der Waals surface area (Å²) in [5, 5.41) is 0. The van der Waals surface area contributed by atoms with Crippen LogP contribution in [0.3, 0.4) is 0 Å². The number of hydrogen-bond donors (Lipinski definition) is 1. The van der Waals surface area contributed by atoms with Crippen molar-refractivity contribution >= 4 is 0 Å². The number of benzene rings is 1. The summed E-state index contributed by atoms with van der Waals surface area (Å²) in [5.74, 6) is 0. The van der Waals surface area contributed by atoms with Crippen LogP contribution in [0.4, 0.5) is 13.2 Å². The zero-order chi connectivity index (χ0) is 16.2. The van der Waals surface area contributed by atoms with Gasteiger partial charge in [0.05, 0.1) is 5.56 Å². The van der Waals surface area contributed by atoms with Crippen LogP contribution in [0.15, 0.2) is 24.3 Å². The first-order valence-electron chi connectivity index (χ1n) is 8.03. The SMILES string of the molecule is CC(Cc1cccc(C(F)(F)F)c1)N1CCCCC1CCN. The number of halogens is 3. The highest BCUT2D eigenvalue weighted by molar-refractivity contribution is 5.26. The third-order valence-corrected chi connectivity index (χ3v) is 4.52. The van der Waals surface area contributed by atoms with Crippen LogP contribution in [0.1, 0.15) is 43.7 Å². The molecule has 1 aliphatic heterocycles. The maximum atomic E-state index is 12.8. The number of nitrogens with zero attached hydrogens (tertiary/aromatic N) is 1. The average Bonchev–Trinajstić information content (AvgIpc) is 2.47. The number of likely N-dealkylation sites (tertiary alicyclic amines) is 1. The minimum atomic E-state index is -4.27. The van der Waals surface area contributed by atoms with Gasteiger partial charge in [0.2, 0.25) is 0 Å². The van der Waals surface area contributed by atoms with Crippen molar-refractivity contribution < 1.29 is 13.2 Å². The Morgan fingerprint density at radius 2 is 2.09 bits per heavy atom. The van der Waals surface area contributed by atoms with Crippen LogP contribution in [0.2, 0.25) is 0 Å². The quantitative estimate of drug-likeness (QED) is 0.895. The molecular weight excluding hydrogens is 289 g/mol. The molecule has 1 aliphatic rings. The van der Waals surface area contributed by atoms with Crippen molar-refractivity contribution in [1.82, 2.24) is 4.90 Å². The summed E-state index contributed by atoms with van der Waals surface area (Å²) in [5.41, 5.74) is 5.88. The lowest BCUT2D eigenvalue weighted by molar-refractivity contribution is -0.137.